The summed E-state index contributed by atoms with van der Waals surface area (Å²) in [5.74, 6) is 0.201. The number of β-lactam (4-membered cyclic amide) rings is 1. The SMILES string of the molecule is O=C1CC(SC(c2ccccc2)(c2ccccc2)c2ccccc2)N1C1CCCCO1. The Bertz CT molecular complexity index is 907. The van der Waals surface area contributed by atoms with E-state index >= 15 is 0 Å². The van der Waals surface area contributed by atoms with Crippen LogP contribution in [0.25, 0.3) is 0 Å². The van der Waals surface area contributed by atoms with Crippen molar-refractivity contribution in [2.75, 3.05) is 6.61 Å². The number of carbonyl (C=O) groups excluding carboxylic acids is 1. The van der Waals surface area contributed by atoms with Crippen LogP contribution >= 0.6 is 11.8 Å². The van der Waals surface area contributed by atoms with Gasteiger partial charge in [-0.15, -0.1) is 11.8 Å². The molecule has 2 aliphatic heterocycles. The molecule has 3 aromatic rings. The van der Waals surface area contributed by atoms with E-state index in [9.17, 15) is 4.79 Å². The molecule has 2 fully saturated rings. The van der Waals surface area contributed by atoms with Gasteiger partial charge in [0.05, 0.1) is 16.5 Å². The van der Waals surface area contributed by atoms with Crippen molar-refractivity contribution in [3.63, 3.8) is 0 Å². The fourth-order valence-electron chi connectivity index (χ4n) is 4.72. The fourth-order valence-corrected chi connectivity index (χ4v) is 6.53. The minimum absolute atomic E-state index is 0.0798. The van der Waals surface area contributed by atoms with E-state index in [0.29, 0.717) is 6.42 Å². The molecule has 0 spiro atoms. The first-order chi connectivity index (χ1) is 15.3. The van der Waals surface area contributed by atoms with E-state index in [1.54, 1.807) is 0 Å². The summed E-state index contributed by atoms with van der Waals surface area (Å²) in [5.41, 5.74) is 3.67. The first-order valence-electron chi connectivity index (χ1n) is 11.1. The van der Waals surface area contributed by atoms with Crippen LogP contribution in [0.5, 0.6) is 0 Å². The highest BCUT2D eigenvalue weighted by molar-refractivity contribution is 8.01. The second kappa shape index (κ2) is 8.89. The van der Waals surface area contributed by atoms with Gasteiger partial charge in [-0.25, -0.2) is 0 Å². The molecule has 0 saturated carbocycles. The van der Waals surface area contributed by atoms with Gasteiger partial charge >= 0.3 is 0 Å². The molecular formula is C27H27NO2S. The Balaban J connectivity index is 1.61. The first-order valence-corrected chi connectivity index (χ1v) is 11.9. The van der Waals surface area contributed by atoms with Crippen molar-refractivity contribution < 1.29 is 9.53 Å². The van der Waals surface area contributed by atoms with Crippen LogP contribution < -0.4 is 0 Å². The molecule has 0 N–H and O–H groups in total. The number of hydrogen-bond acceptors (Lipinski definition) is 3. The third kappa shape index (κ3) is 3.79. The molecule has 1 amide bonds. The zero-order valence-corrected chi connectivity index (χ0v) is 18.3. The summed E-state index contributed by atoms with van der Waals surface area (Å²) in [6.45, 7) is 0.743. The minimum Gasteiger partial charge on any atom is -0.358 e. The van der Waals surface area contributed by atoms with E-state index in [-0.39, 0.29) is 17.5 Å². The van der Waals surface area contributed by atoms with Crippen molar-refractivity contribution in [2.45, 2.75) is 42.0 Å². The summed E-state index contributed by atoms with van der Waals surface area (Å²) in [6.07, 6.45) is 3.59. The Hall–Kier alpha value is -2.56. The van der Waals surface area contributed by atoms with Crippen LogP contribution in [0, 0.1) is 0 Å². The van der Waals surface area contributed by atoms with Gasteiger partial charge in [-0.2, -0.15) is 0 Å². The van der Waals surface area contributed by atoms with E-state index < -0.39 is 4.75 Å². The lowest BCUT2D eigenvalue weighted by atomic mass is 9.84. The molecule has 31 heavy (non-hydrogen) atoms. The molecule has 4 heteroatoms. The van der Waals surface area contributed by atoms with Gasteiger partial charge in [0.15, 0.2) is 0 Å². The Morgan fingerprint density at radius 3 is 1.71 bits per heavy atom. The smallest absolute Gasteiger partial charge is 0.228 e. The lowest BCUT2D eigenvalue weighted by Gasteiger charge is -2.49. The normalized spacial score (nSPS) is 21.5. The second-order valence-corrected chi connectivity index (χ2v) is 9.57. The summed E-state index contributed by atoms with van der Waals surface area (Å²) < 4.78 is 5.59. The van der Waals surface area contributed by atoms with Crippen LogP contribution in [0.3, 0.4) is 0 Å². The minimum atomic E-state index is -0.415. The van der Waals surface area contributed by atoms with Crippen molar-refractivity contribution in [1.82, 2.24) is 4.90 Å². The number of rotatable bonds is 6. The van der Waals surface area contributed by atoms with E-state index in [1.165, 1.54) is 16.7 Å². The Labute approximate surface area is 188 Å². The molecule has 2 atom stereocenters. The molecular weight excluding hydrogens is 402 g/mol. The largest absolute Gasteiger partial charge is 0.358 e. The van der Waals surface area contributed by atoms with Crippen LogP contribution in [-0.4, -0.2) is 29.0 Å². The van der Waals surface area contributed by atoms with Gasteiger partial charge in [-0.3, -0.25) is 4.79 Å². The van der Waals surface area contributed by atoms with E-state index in [4.69, 9.17) is 4.74 Å². The number of carbonyl (C=O) groups is 1. The number of benzene rings is 3. The Kier molecular flexibility index (Phi) is 5.84. The molecule has 0 aliphatic carbocycles. The molecule has 3 aromatic carbocycles. The molecule has 3 nitrogen and oxygen atoms in total. The molecule has 2 saturated heterocycles. The van der Waals surface area contributed by atoms with Crippen molar-refractivity contribution >= 4 is 17.7 Å². The van der Waals surface area contributed by atoms with Gasteiger partial charge in [-0.05, 0) is 36.0 Å². The van der Waals surface area contributed by atoms with Crippen molar-refractivity contribution in [3.05, 3.63) is 108 Å². The number of nitrogens with zero attached hydrogens (tertiary/aromatic N) is 1. The maximum atomic E-state index is 12.7. The van der Waals surface area contributed by atoms with Crippen LogP contribution in [0.15, 0.2) is 91.0 Å². The Morgan fingerprint density at radius 1 is 0.774 bits per heavy atom. The first kappa shape index (κ1) is 20.3. The fraction of sp³-hybridized carbons (Fsp3) is 0.296. The Morgan fingerprint density at radius 2 is 1.29 bits per heavy atom. The predicted octanol–water partition coefficient (Wildman–Crippen LogP) is 5.80. The van der Waals surface area contributed by atoms with Gasteiger partial charge < -0.3 is 9.64 Å². The molecule has 2 heterocycles. The van der Waals surface area contributed by atoms with Gasteiger partial charge in [0, 0.05) is 6.61 Å². The van der Waals surface area contributed by atoms with Crippen LogP contribution in [-0.2, 0) is 14.3 Å². The van der Waals surface area contributed by atoms with Crippen molar-refractivity contribution in [1.29, 1.82) is 0 Å². The highest BCUT2D eigenvalue weighted by Gasteiger charge is 2.48. The molecule has 2 aliphatic rings. The van der Waals surface area contributed by atoms with Crippen LogP contribution in [0.2, 0.25) is 0 Å². The van der Waals surface area contributed by atoms with Gasteiger partial charge in [0.25, 0.3) is 0 Å². The van der Waals surface area contributed by atoms with Crippen molar-refractivity contribution in [2.24, 2.45) is 0 Å². The lowest BCUT2D eigenvalue weighted by molar-refractivity contribution is -0.167. The molecule has 0 aromatic heterocycles. The van der Waals surface area contributed by atoms with Crippen LogP contribution in [0.4, 0.5) is 0 Å². The summed E-state index contributed by atoms with van der Waals surface area (Å²) in [7, 11) is 0. The summed E-state index contributed by atoms with van der Waals surface area (Å²) in [4.78, 5) is 14.7. The average molecular weight is 430 g/mol. The number of amides is 1. The molecule has 158 valence electrons. The van der Waals surface area contributed by atoms with Crippen LogP contribution in [0.1, 0.15) is 42.4 Å². The predicted molar refractivity (Wildman–Crippen MR) is 126 cm³/mol. The highest BCUT2D eigenvalue weighted by Crippen LogP contribution is 2.53. The van der Waals surface area contributed by atoms with E-state index in [2.05, 4.69) is 91.0 Å². The number of likely N-dealkylation sites (tertiary alicyclic amines) is 1. The molecule has 2 unspecified atom stereocenters. The summed E-state index contributed by atoms with van der Waals surface area (Å²) in [5, 5.41) is 0.0798. The average Bonchev–Trinajstić information content (AvgIpc) is 2.84. The van der Waals surface area contributed by atoms with Gasteiger partial charge in [-0.1, -0.05) is 91.0 Å². The van der Waals surface area contributed by atoms with E-state index in [1.807, 2.05) is 16.7 Å². The lowest BCUT2D eigenvalue weighted by Crippen LogP contribution is -2.58. The number of thioether (sulfide) groups is 1. The number of hydrogen-bond donors (Lipinski definition) is 0. The zero-order valence-electron chi connectivity index (χ0n) is 17.5. The van der Waals surface area contributed by atoms with Gasteiger partial charge in [0.1, 0.15) is 6.23 Å². The maximum Gasteiger partial charge on any atom is 0.228 e. The monoisotopic (exact) mass is 429 g/mol. The topological polar surface area (TPSA) is 29.5 Å². The molecule has 5 rings (SSSR count). The zero-order chi connectivity index (χ0) is 21.1. The molecule has 0 bridgehead atoms. The number of ether oxygens (including phenoxy) is 1. The van der Waals surface area contributed by atoms with Crippen molar-refractivity contribution in [3.8, 4) is 0 Å². The quantitative estimate of drug-likeness (QED) is 0.366. The van der Waals surface area contributed by atoms with Gasteiger partial charge in [0.2, 0.25) is 5.91 Å². The van der Waals surface area contributed by atoms with E-state index in [0.717, 1.165) is 25.9 Å². The third-order valence-corrected chi connectivity index (χ3v) is 7.99. The standard InChI is InChI=1S/C27H27NO2S/c29-24-20-26(28(24)25-18-10-11-19-30-25)31-27(21-12-4-1-5-13-21,22-14-6-2-7-15-22)23-16-8-3-9-17-23/h1-9,12-17,25-26H,10-11,18-20H2. The highest BCUT2D eigenvalue weighted by atomic mass is 32.2. The third-order valence-electron chi connectivity index (χ3n) is 6.27. The summed E-state index contributed by atoms with van der Waals surface area (Å²) in [6, 6.07) is 32.0. The molecule has 0 radical (unpaired) electrons. The second-order valence-electron chi connectivity index (χ2n) is 8.18. The summed E-state index contributed by atoms with van der Waals surface area (Å²) >= 11 is 1.87. The maximum absolute atomic E-state index is 12.7.